The van der Waals surface area contributed by atoms with Gasteiger partial charge >= 0.3 is 0 Å². The van der Waals surface area contributed by atoms with Crippen LogP contribution >= 0.6 is 11.6 Å². The second kappa shape index (κ2) is 4.77. The van der Waals surface area contributed by atoms with Gasteiger partial charge in [0.25, 0.3) is 0 Å². The molecule has 0 spiro atoms. The first-order chi connectivity index (χ1) is 7.31. The predicted octanol–water partition coefficient (Wildman–Crippen LogP) is 3.14. The molecule has 0 N–H and O–H groups in total. The zero-order valence-corrected chi connectivity index (χ0v) is 9.50. The molecule has 2 nitrogen and oxygen atoms in total. The van der Waals surface area contributed by atoms with E-state index < -0.39 is 0 Å². The molecule has 0 radical (unpaired) electrons. The van der Waals surface area contributed by atoms with Crippen molar-refractivity contribution in [1.29, 1.82) is 0 Å². The third-order valence-corrected chi connectivity index (χ3v) is 2.72. The summed E-state index contributed by atoms with van der Waals surface area (Å²) >= 11 is 5.85. The molecule has 1 aromatic carbocycles. The Morgan fingerprint density at radius 1 is 1.40 bits per heavy atom. The van der Waals surface area contributed by atoms with Gasteiger partial charge in [-0.05, 0) is 30.5 Å². The third kappa shape index (κ3) is 2.80. The van der Waals surface area contributed by atoms with E-state index in [2.05, 4.69) is 4.99 Å². The van der Waals surface area contributed by atoms with E-state index in [1.54, 1.807) is 7.11 Å². The van der Waals surface area contributed by atoms with E-state index in [4.69, 9.17) is 16.3 Å². The average Bonchev–Trinajstić information content (AvgIpc) is 3.05. The maximum atomic E-state index is 5.85. The lowest BCUT2D eigenvalue weighted by Crippen LogP contribution is -2.05. The third-order valence-electron chi connectivity index (χ3n) is 2.47. The highest BCUT2D eigenvalue weighted by Crippen LogP contribution is 2.33. The zero-order valence-electron chi connectivity index (χ0n) is 8.74. The number of ether oxygens (including phenoxy) is 1. The molecule has 0 aliphatic heterocycles. The zero-order chi connectivity index (χ0) is 10.7. The highest BCUT2D eigenvalue weighted by atomic mass is 35.5. The van der Waals surface area contributed by atoms with Gasteiger partial charge in [0.05, 0.1) is 0 Å². The molecule has 0 unspecified atom stereocenters. The molecule has 0 saturated heterocycles. The summed E-state index contributed by atoms with van der Waals surface area (Å²) in [6, 6.07) is 7.85. The number of methoxy groups -OCH3 is 1. The second-order valence-electron chi connectivity index (χ2n) is 3.74. The molecular weight excluding hydrogens is 210 g/mol. The molecule has 0 aromatic heterocycles. The fraction of sp³-hybridized carbons (Fsp3) is 0.417. The van der Waals surface area contributed by atoms with Crippen molar-refractivity contribution >= 4 is 17.3 Å². The Morgan fingerprint density at radius 3 is 2.60 bits per heavy atom. The normalized spacial score (nSPS) is 16.8. The second-order valence-corrected chi connectivity index (χ2v) is 4.18. The van der Waals surface area contributed by atoms with Crippen LogP contribution in [0.1, 0.15) is 18.4 Å². The van der Waals surface area contributed by atoms with Crippen LogP contribution in [0.5, 0.6) is 0 Å². The first-order valence-corrected chi connectivity index (χ1v) is 5.48. The molecule has 1 saturated carbocycles. The molecule has 80 valence electrons. The average molecular weight is 224 g/mol. The van der Waals surface area contributed by atoms with Gasteiger partial charge in [0.2, 0.25) is 0 Å². The molecule has 1 aliphatic rings. The van der Waals surface area contributed by atoms with Gasteiger partial charge in [0, 0.05) is 23.8 Å². The van der Waals surface area contributed by atoms with E-state index in [-0.39, 0.29) is 0 Å². The molecular formula is C12H14ClNO. The van der Waals surface area contributed by atoms with Crippen LogP contribution in [0, 0.1) is 5.92 Å². The van der Waals surface area contributed by atoms with Crippen LogP contribution in [-0.2, 0) is 4.74 Å². The van der Waals surface area contributed by atoms with Gasteiger partial charge in [-0.25, -0.2) is 0 Å². The van der Waals surface area contributed by atoms with Crippen molar-refractivity contribution in [3.63, 3.8) is 0 Å². The standard InChI is InChI=1S/C12H14ClNO/c1-15-8-14-12(9-2-3-9)10-4-6-11(13)7-5-10/h4-7,9H,2-3,8H2,1H3. The largest absolute Gasteiger partial charge is 0.363 e. The Kier molecular flexibility index (Phi) is 3.39. The highest BCUT2D eigenvalue weighted by Gasteiger charge is 2.28. The van der Waals surface area contributed by atoms with E-state index in [9.17, 15) is 0 Å². The van der Waals surface area contributed by atoms with Crippen molar-refractivity contribution in [2.75, 3.05) is 13.8 Å². The molecule has 1 aromatic rings. The van der Waals surface area contributed by atoms with Crippen LogP contribution in [-0.4, -0.2) is 19.6 Å². The van der Waals surface area contributed by atoms with E-state index in [0.29, 0.717) is 12.6 Å². The van der Waals surface area contributed by atoms with Crippen molar-refractivity contribution < 1.29 is 4.74 Å². The molecule has 15 heavy (non-hydrogen) atoms. The van der Waals surface area contributed by atoms with Gasteiger partial charge in [-0.15, -0.1) is 0 Å². The quantitative estimate of drug-likeness (QED) is 0.719. The van der Waals surface area contributed by atoms with E-state index in [1.165, 1.54) is 18.4 Å². The lowest BCUT2D eigenvalue weighted by molar-refractivity contribution is 0.209. The minimum absolute atomic E-state index is 0.439. The van der Waals surface area contributed by atoms with Gasteiger partial charge in [-0.3, -0.25) is 4.99 Å². The summed E-state index contributed by atoms with van der Waals surface area (Å²) in [5.74, 6) is 0.626. The number of aliphatic imine (C=N–C) groups is 1. The van der Waals surface area contributed by atoms with Gasteiger partial charge in [0.1, 0.15) is 6.73 Å². The van der Waals surface area contributed by atoms with E-state index in [1.807, 2.05) is 24.3 Å². The summed E-state index contributed by atoms with van der Waals surface area (Å²) in [7, 11) is 1.66. The number of hydrogen-bond acceptors (Lipinski definition) is 2. The number of halogens is 1. The summed E-state index contributed by atoms with van der Waals surface area (Å²) in [6.07, 6.45) is 2.48. The first-order valence-electron chi connectivity index (χ1n) is 5.10. The molecule has 0 bridgehead atoms. The van der Waals surface area contributed by atoms with Crippen LogP contribution in [0.25, 0.3) is 0 Å². The Labute approximate surface area is 94.9 Å². The molecule has 2 rings (SSSR count). The van der Waals surface area contributed by atoms with Crippen LogP contribution < -0.4 is 0 Å². The Hall–Kier alpha value is -0.860. The lowest BCUT2D eigenvalue weighted by Gasteiger charge is -2.05. The summed E-state index contributed by atoms with van der Waals surface area (Å²) in [4.78, 5) is 4.46. The summed E-state index contributed by atoms with van der Waals surface area (Å²) in [5, 5.41) is 0.764. The van der Waals surface area contributed by atoms with Crippen molar-refractivity contribution in [1.82, 2.24) is 0 Å². The molecule has 0 heterocycles. The first kappa shape index (κ1) is 10.7. The predicted molar refractivity (Wildman–Crippen MR) is 62.6 cm³/mol. The van der Waals surface area contributed by atoms with Crippen molar-refractivity contribution in [2.24, 2.45) is 10.9 Å². The maximum absolute atomic E-state index is 5.85. The molecule has 0 atom stereocenters. The number of benzene rings is 1. The summed E-state index contributed by atoms with van der Waals surface area (Å²) in [6.45, 7) is 0.439. The number of hydrogen-bond donors (Lipinski definition) is 0. The number of nitrogens with zero attached hydrogens (tertiary/aromatic N) is 1. The topological polar surface area (TPSA) is 21.6 Å². The van der Waals surface area contributed by atoms with Gasteiger partial charge in [0.15, 0.2) is 0 Å². The number of rotatable bonds is 4. The van der Waals surface area contributed by atoms with Crippen LogP contribution in [0.2, 0.25) is 5.02 Å². The van der Waals surface area contributed by atoms with Crippen LogP contribution in [0.15, 0.2) is 29.3 Å². The molecule has 0 amide bonds. The lowest BCUT2D eigenvalue weighted by atomic mass is 10.1. The molecule has 3 heteroatoms. The minimum atomic E-state index is 0.439. The van der Waals surface area contributed by atoms with Gasteiger partial charge in [-0.1, -0.05) is 23.7 Å². The summed E-state index contributed by atoms with van der Waals surface area (Å²) < 4.78 is 4.98. The van der Waals surface area contributed by atoms with E-state index in [0.717, 1.165) is 10.7 Å². The molecule has 1 fully saturated rings. The van der Waals surface area contributed by atoms with Crippen molar-refractivity contribution in [3.8, 4) is 0 Å². The highest BCUT2D eigenvalue weighted by molar-refractivity contribution is 6.30. The van der Waals surface area contributed by atoms with Crippen LogP contribution in [0.4, 0.5) is 0 Å². The minimum Gasteiger partial charge on any atom is -0.363 e. The van der Waals surface area contributed by atoms with E-state index >= 15 is 0 Å². The molecule has 1 aliphatic carbocycles. The smallest absolute Gasteiger partial charge is 0.137 e. The van der Waals surface area contributed by atoms with Crippen molar-refractivity contribution in [2.45, 2.75) is 12.8 Å². The summed E-state index contributed by atoms with van der Waals surface area (Å²) in [5.41, 5.74) is 2.33. The Balaban J connectivity index is 2.20. The monoisotopic (exact) mass is 223 g/mol. The fourth-order valence-corrected chi connectivity index (χ4v) is 1.69. The fourth-order valence-electron chi connectivity index (χ4n) is 1.57. The maximum Gasteiger partial charge on any atom is 0.137 e. The van der Waals surface area contributed by atoms with Crippen LogP contribution in [0.3, 0.4) is 0 Å². The SMILES string of the molecule is COCN=C(c1ccc(Cl)cc1)C1CC1. The Bertz CT molecular complexity index is 354. The Morgan fingerprint density at radius 2 is 2.07 bits per heavy atom. The van der Waals surface area contributed by atoms with Gasteiger partial charge in [-0.2, -0.15) is 0 Å². The van der Waals surface area contributed by atoms with Crippen molar-refractivity contribution in [3.05, 3.63) is 34.9 Å². The van der Waals surface area contributed by atoms with Gasteiger partial charge < -0.3 is 4.74 Å².